The predicted octanol–water partition coefficient (Wildman–Crippen LogP) is 2.78. The molecule has 1 saturated heterocycles. The van der Waals surface area contributed by atoms with E-state index in [1.807, 2.05) is 0 Å². The SMILES string of the molecule is c1csc(CNc2nc3ccccc3n2CC[NH+]2CCCCC2)c1. The molecule has 5 heteroatoms. The van der Waals surface area contributed by atoms with Crippen molar-refractivity contribution in [3.8, 4) is 0 Å². The summed E-state index contributed by atoms with van der Waals surface area (Å²) in [6, 6.07) is 12.7. The van der Waals surface area contributed by atoms with E-state index in [9.17, 15) is 0 Å². The van der Waals surface area contributed by atoms with E-state index in [1.165, 1.54) is 49.3 Å². The highest BCUT2D eigenvalue weighted by Gasteiger charge is 2.16. The molecule has 126 valence electrons. The molecule has 0 radical (unpaired) electrons. The normalized spacial score (nSPS) is 15.8. The molecule has 1 aliphatic rings. The van der Waals surface area contributed by atoms with E-state index in [0.717, 1.165) is 24.6 Å². The first-order chi connectivity index (χ1) is 11.9. The smallest absolute Gasteiger partial charge is 0.204 e. The van der Waals surface area contributed by atoms with Crippen molar-refractivity contribution in [2.75, 3.05) is 25.0 Å². The molecule has 0 spiro atoms. The number of hydrogen-bond donors (Lipinski definition) is 2. The number of fused-ring (bicyclic) bond motifs is 1. The highest BCUT2D eigenvalue weighted by atomic mass is 32.1. The molecule has 2 N–H and O–H groups in total. The Bertz CT molecular complexity index is 772. The molecule has 0 atom stereocenters. The summed E-state index contributed by atoms with van der Waals surface area (Å²) in [6.07, 6.45) is 4.16. The molecule has 0 saturated carbocycles. The van der Waals surface area contributed by atoms with Crippen LogP contribution in [-0.2, 0) is 13.1 Å². The topological polar surface area (TPSA) is 34.3 Å². The van der Waals surface area contributed by atoms with Gasteiger partial charge in [-0.25, -0.2) is 4.98 Å². The van der Waals surface area contributed by atoms with E-state index >= 15 is 0 Å². The summed E-state index contributed by atoms with van der Waals surface area (Å²) in [4.78, 5) is 7.91. The van der Waals surface area contributed by atoms with Gasteiger partial charge in [-0.2, -0.15) is 0 Å². The van der Waals surface area contributed by atoms with Gasteiger partial charge in [0, 0.05) is 4.88 Å². The van der Waals surface area contributed by atoms with Crippen LogP contribution in [0.25, 0.3) is 11.0 Å². The van der Waals surface area contributed by atoms with Gasteiger partial charge in [0.05, 0.1) is 43.8 Å². The van der Waals surface area contributed by atoms with E-state index in [1.54, 1.807) is 16.2 Å². The van der Waals surface area contributed by atoms with E-state index in [2.05, 4.69) is 51.7 Å². The lowest BCUT2D eigenvalue weighted by atomic mass is 10.1. The maximum absolute atomic E-state index is 4.82. The van der Waals surface area contributed by atoms with Crippen LogP contribution >= 0.6 is 11.3 Å². The first kappa shape index (κ1) is 15.7. The van der Waals surface area contributed by atoms with E-state index in [4.69, 9.17) is 4.98 Å². The third kappa shape index (κ3) is 3.47. The number of aromatic nitrogens is 2. The minimum atomic E-state index is 0.845. The van der Waals surface area contributed by atoms with Gasteiger partial charge in [0.15, 0.2) is 0 Å². The summed E-state index contributed by atoms with van der Waals surface area (Å²) in [5.74, 6) is 1.00. The number of para-hydroxylation sites is 2. The van der Waals surface area contributed by atoms with Gasteiger partial charge < -0.3 is 14.8 Å². The molecule has 1 aromatic carbocycles. The zero-order valence-electron chi connectivity index (χ0n) is 14.0. The van der Waals surface area contributed by atoms with Crippen LogP contribution in [0.2, 0.25) is 0 Å². The van der Waals surface area contributed by atoms with Gasteiger partial charge in [0.1, 0.15) is 0 Å². The van der Waals surface area contributed by atoms with Crippen LogP contribution in [-0.4, -0.2) is 29.2 Å². The Balaban J connectivity index is 1.53. The van der Waals surface area contributed by atoms with Gasteiger partial charge in [0.25, 0.3) is 0 Å². The average Bonchev–Trinajstić information content (AvgIpc) is 3.26. The van der Waals surface area contributed by atoms with Crippen LogP contribution in [0.1, 0.15) is 24.1 Å². The minimum absolute atomic E-state index is 0.845. The third-order valence-electron chi connectivity index (χ3n) is 4.91. The maximum atomic E-state index is 4.82. The minimum Gasteiger partial charge on any atom is -0.351 e. The van der Waals surface area contributed by atoms with E-state index in [-0.39, 0.29) is 0 Å². The Kier molecular flexibility index (Phi) is 4.81. The Morgan fingerprint density at radius 1 is 1.08 bits per heavy atom. The Morgan fingerprint density at radius 3 is 2.79 bits per heavy atom. The molecular weight excluding hydrogens is 316 g/mol. The molecule has 24 heavy (non-hydrogen) atoms. The standard InChI is InChI=1S/C19H24N4S/c1-4-10-22(11-5-1)12-13-23-18-9-3-2-8-17(18)21-19(23)20-15-16-7-6-14-24-16/h2-3,6-9,14H,1,4-5,10-13,15H2,(H,20,21)/p+1. The number of thiophene rings is 1. The number of benzene rings is 1. The lowest BCUT2D eigenvalue weighted by Crippen LogP contribution is -3.13. The highest BCUT2D eigenvalue weighted by Crippen LogP contribution is 2.20. The van der Waals surface area contributed by atoms with Crippen LogP contribution < -0.4 is 10.2 Å². The fourth-order valence-electron chi connectivity index (χ4n) is 3.59. The van der Waals surface area contributed by atoms with Crippen molar-refractivity contribution in [1.29, 1.82) is 0 Å². The van der Waals surface area contributed by atoms with Crippen molar-refractivity contribution in [3.05, 3.63) is 46.7 Å². The number of likely N-dealkylation sites (tertiary alicyclic amines) is 1. The quantitative estimate of drug-likeness (QED) is 0.723. The molecule has 0 aliphatic carbocycles. The van der Waals surface area contributed by atoms with Gasteiger partial charge in [0.2, 0.25) is 5.95 Å². The zero-order valence-corrected chi connectivity index (χ0v) is 14.8. The summed E-state index contributed by atoms with van der Waals surface area (Å²) in [7, 11) is 0. The second-order valence-electron chi connectivity index (χ2n) is 6.57. The van der Waals surface area contributed by atoms with Gasteiger partial charge in [-0.1, -0.05) is 18.2 Å². The zero-order chi connectivity index (χ0) is 16.2. The molecule has 3 aromatic rings. The van der Waals surface area contributed by atoms with Crippen LogP contribution in [0.4, 0.5) is 5.95 Å². The molecule has 3 heterocycles. The molecule has 0 amide bonds. The molecule has 0 unspecified atom stereocenters. The van der Waals surface area contributed by atoms with Gasteiger partial charge in [-0.15, -0.1) is 11.3 Å². The number of piperidine rings is 1. The van der Waals surface area contributed by atoms with Crippen LogP contribution in [0, 0.1) is 0 Å². The summed E-state index contributed by atoms with van der Waals surface area (Å²) in [5, 5.41) is 5.67. The van der Waals surface area contributed by atoms with Crippen molar-refractivity contribution in [2.45, 2.75) is 32.4 Å². The number of imidazole rings is 1. The van der Waals surface area contributed by atoms with E-state index < -0.39 is 0 Å². The fourth-order valence-corrected chi connectivity index (χ4v) is 4.23. The number of rotatable bonds is 6. The number of quaternary nitrogens is 1. The van der Waals surface area contributed by atoms with Gasteiger partial charge in [-0.05, 0) is 42.8 Å². The molecule has 4 rings (SSSR count). The average molecular weight is 342 g/mol. The maximum Gasteiger partial charge on any atom is 0.204 e. The first-order valence-corrected chi connectivity index (χ1v) is 9.83. The Hall–Kier alpha value is -1.85. The number of nitrogens with one attached hydrogen (secondary N) is 2. The van der Waals surface area contributed by atoms with Crippen molar-refractivity contribution in [2.24, 2.45) is 0 Å². The van der Waals surface area contributed by atoms with Crippen LogP contribution in [0.3, 0.4) is 0 Å². The number of nitrogens with zero attached hydrogens (tertiary/aromatic N) is 2. The molecule has 4 nitrogen and oxygen atoms in total. The lowest BCUT2D eigenvalue weighted by molar-refractivity contribution is -0.905. The van der Waals surface area contributed by atoms with Crippen molar-refractivity contribution in [3.63, 3.8) is 0 Å². The molecule has 1 aliphatic heterocycles. The highest BCUT2D eigenvalue weighted by molar-refractivity contribution is 7.09. The second kappa shape index (κ2) is 7.36. The summed E-state index contributed by atoms with van der Waals surface area (Å²) >= 11 is 1.79. The van der Waals surface area contributed by atoms with Crippen molar-refractivity contribution in [1.82, 2.24) is 9.55 Å². The Morgan fingerprint density at radius 2 is 1.96 bits per heavy atom. The predicted molar refractivity (Wildman–Crippen MR) is 101 cm³/mol. The fraction of sp³-hybridized carbons (Fsp3) is 0.421. The molecule has 0 bridgehead atoms. The summed E-state index contributed by atoms with van der Waals surface area (Å²) in [5.41, 5.74) is 2.32. The van der Waals surface area contributed by atoms with Gasteiger partial charge in [-0.3, -0.25) is 0 Å². The second-order valence-corrected chi connectivity index (χ2v) is 7.60. The number of hydrogen-bond acceptors (Lipinski definition) is 3. The monoisotopic (exact) mass is 341 g/mol. The first-order valence-electron chi connectivity index (χ1n) is 8.95. The van der Waals surface area contributed by atoms with E-state index in [0.29, 0.717) is 0 Å². The number of anilines is 1. The van der Waals surface area contributed by atoms with Crippen LogP contribution in [0.15, 0.2) is 41.8 Å². The van der Waals surface area contributed by atoms with Gasteiger partial charge >= 0.3 is 0 Å². The Labute approximate surface area is 147 Å². The van der Waals surface area contributed by atoms with Crippen molar-refractivity contribution >= 4 is 28.3 Å². The lowest BCUT2D eigenvalue weighted by Gasteiger charge is -2.24. The summed E-state index contributed by atoms with van der Waals surface area (Å²) in [6.45, 7) is 5.71. The van der Waals surface area contributed by atoms with Crippen LogP contribution in [0.5, 0.6) is 0 Å². The largest absolute Gasteiger partial charge is 0.351 e. The third-order valence-corrected chi connectivity index (χ3v) is 5.78. The molecular formula is C19H25N4S+. The van der Waals surface area contributed by atoms with Crippen molar-refractivity contribution < 1.29 is 4.90 Å². The molecule has 1 fully saturated rings. The summed E-state index contributed by atoms with van der Waals surface area (Å²) < 4.78 is 2.37. The molecule has 2 aromatic heterocycles.